The zero-order valence-corrected chi connectivity index (χ0v) is 13.8. The van der Waals surface area contributed by atoms with Crippen LogP contribution in [0.15, 0.2) is 0 Å². The molecule has 0 aliphatic heterocycles. The van der Waals surface area contributed by atoms with E-state index in [1.165, 1.54) is 0 Å². The summed E-state index contributed by atoms with van der Waals surface area (Å²) < 4.78 is 18.4. The summed E-state index contributed by atoms with van der Waals surface area (Å²) in [6, 6.07) is 0. The summed E-state index contributed by atoms with van der Waals surface area (Å²) >= 11 is 1.60. The number of hydrogen-bond donors (Lipinski definition) is 0. The summed E-state index contributed by atoms with van der Waals surface area (Å²) in [5, 5.41) is -0.126. The fraction of sp³-hybridized carbons (Fsp3) is 0.933. The predicted octanol–water partition coefficient (Wildman–Crippen LogP) is 4.47. The average molecular weight is 292 g/mol. The highest BCUT2D eigenvalue weighted by Gasteiger charge is 2.24. The molecule has 0 amide bonds. The van der Waals surface area contributed by atoms with Crippen LogP contribution >= 0.6 is 11.8 Å². The smallest absolute Gasteiger partial charge is 0.319 e. The highest BCUT2D eigenvalue weighted by atomic mass is 32.2. The summed E-state index contributed by atoms with van der Waals surface area (Å²) in [6.07, 6.45) is 1.29. The summed E-state index contributed by atoms with van der Waals surface area (Å²) in [5.74, 6) is 1.30. The molecule has 0 rings (SSSR count). The predicted molar refractivity (Wildman–Crippen MR) is 81.3 cm³/mol. The fourth-order valence-electron chi connectivity index (χ4n) is 1.58. The lowest BCUT2D eigenvalue weighted by Crippen LogP contribution is -2.27. The van der Waals surface area contributed by atoms with E-state index < -0.39 is 6.17 Å². The molecular weight excluding hydrogens is 263 g/mol. The fourth-order valence-corrected chi connectivity index (χ4v) is 2.76. The van der Waals surface area contributed by atoms with E-state index in [1.54, 1.807) is 11.8 Å². The first-order chi connectivity index (χ1) is 8.88. The molecule has 0 saturated heterocycles. The van der Waals surface area contributed by atoms with Crippen molar-refractivity contribution in [2.24, 2.45) is 11.8 Å². The van der Waals surface area contributed by atoms with E-state index in [4.69, 9.17) is 4.74 Å². The number of ether oxygens (including phenoxy) is 1. The van der Waals surface area contributed by atoms with Gasteiger partial charge in [-0.3, -0.25) is 4.79 Å². The Balaban J connectivity index is 4.01. The van der Waals surface area contributed by atoms with Crippen molar-refractivity contribution in [2.75, 3.05) is 12.4 Å². The summed E-state index contributed by atoms with van der Waals surface area (Å²) in [7, 11) is 0. The molecule has 0 radical (unpaired) electrons. The van der Waals surface area contributed by atoms with Crippen LogP contribution in [0.1, 0.15) is 53.9 Å². The molecule has 2 nitrogen and oxygen atoms in total. The van der Waals surface area contributed by atoms with Crippen molar-refractivity contribution < 1.29 is 13.9 Å². The molecule has 19 heavy (non-hydrogen) atoms. The van der Waals surface area contributed by atoms with E-state index in [1.807, 2.05) is 34.6 Å². The second-order valence-electron chi connectivity index (χ2n) is 5.71. The molecule has 0 N–H and O–H groups in total. The number of esters is 1. The number of hydrogen-bond acceptors (Lipinski definition) is 3. The molecule has 2 unspecified atom stereocenters. The van der Waals surface area contributed by atoms with Crippen LogP contribution in [-0.4, -0.2) is 29.8 Å². The minimum atomic E-state index is -0.703. The Morgan fingerprint density at radius 1 is 1.26 bits per heavy atom. The molecule has 2 atom stereocenters. The number of carbonyl (C=O) groups excluding carboxylic acids is 1. The van der Waals surface area contributed by atoms with Crippen molar-refractivity contribution in [1.82, 2.24) is 0 Å². The minimum Gasteiger partial charge on any atom is -0.465 e. The molecule has 0 fully saturated rings. The van der Waals surface area contributed by atoms with Gasteiger partial charge >= 0.3 is 5.97 Å². The van der Waals surface area contributed by atoms with Gasteiger partial charge in [-0.05, 0) is 36.9 Å². The van der Waals surface area contributed by atoms with Crippen molar-refractivity contribution in [3.63, 3.8) is 0 Å². The van der Waals surface area contributed by atoms with Crippen molar-refractivity contribution in [2.45, 2.75) is 65.3 Å². The molecule has 114 valence electrons. The summed E-state index contributed by atoms with van der Waals surface area (Å²) in [6.45, 7) is 10.4. The Labute approximate surface area is 121 Å². The highest BCUT2D eigenvalue weighted by Crippen LogP contribution is 2.23. The van der Waals surface area contributed by atoms with E-state index in [-0.39, 0.29) is 17.1 Å². The lowest BCUT2D eigenvalue weighted by Gasteiger charge is -2.19. The molecule has 0 aromatic heterocycles. The van der Waals surface area contributed by atoms with Crippen LogP contribution in [0.25, 0.3) is 0 Å². The van der Waals surface area contributed by atoms with Gasteiger partial charge in [-0.1, -0.05) is 34.6 Å². The molecule has 0 aromatic rings. The molecule has 0 spiro atoms. The largest absolute Gasteiger partial charge is 0.465 e. The molecule has 0 heterocycles. The summed E-state index contributed by atoms with van der Waals surface area (Å²) in [5.41, 5.74) is 0. The van der Waals surface area contributed by atoms with Crippen LogP contribution in [0.4, 0.5) is 4.39 Å². The van der Waals surface area contributed by atoms with Gasteiger partial charge in [0, 0.05) is 0 Å². The third-order valence-electron chi connectivity index (χ3n) is 2.80. The Kier molecular flexibility index (Phi) is 10.4. The second kappa shape index (κ2) is 10.5. The first-order valence-corrected chi connectivity index (χ1v) is 8.35. The van der Waals surface area contributed by atoms with E-state index in [2.05, 4.69) is 0 Å². The molecule has 0 bridgehead atoms. The zero-order valence-electron chi connectivity index (χ0n) is 12.9. The topological polar surface area (TPSA) is 26.3 Å². The second-order valence-corrected chi connectivity index (χ2v) is 6.96. The van der Waals surface area contributed by atoms with Gasteiger partial charge in [-0.15, -0.1) is 11.8 Å². The van der Waals surface area contributed by atoms with Crippen molar-refractivity contribution >= 4 is 17.7 Å². The van der Waals surface area contributed by atoms with Gasteiger partial charge in [0.05, 0.1) is 12.8 Å². The van der Waals surface area contributed by atoms with E-state index in [0.717, 1.165) is 12.2 Å². The van der Waals surface area contributed by atoms with Crippen LogP contribution in [0.2, 0.25) is 0 Å². The Morgan fingerprint density at radius 2 is 1.89 bits per heavy atom. The number of rotatable bonds is 10. The first-order valence-electron chi connectivity index (χ1n) is 7.30. The van der Waals surface area contributed by atoms with Crippen LogP contribution in [-0.2, 0) is 9.53 Å². The maximum Gasteiger partial charge on any atom is 0.319 e. The monoisotopic (exact) mass is 292 g/mol. The first kappa shape index (κ1) is 18.8. The standard InChI is InChI=1S/C15H29FO2S/c1-6-13(16)8-7-9-19-14(12(4)5)15(17)18-10-11(2)3/h11-14H,6-10H2,1-5H3. The zero-order chi connectivity index (χ0) is 14.8. The van der Waals surface area contributed by atoms with Gasteiger partial charge in [0.15, 0.2) is 0 Å². The average Bonchev–Trinajstić information content (AvgIpc) is 2.34. The van der Waals surface area contributed by atoms with Crippen LogP contribution in [0.3, 0.4) is 0 Å². The Morgan fingerprint density at radius 3 is 2.37 bits per heavy atom. The molecular formula is C15H29FO2S. The van der Waals surface area contributed by atoms with Crippen molar-refractivity contribution in [1.29, 1.82) is 0 Å². The van der Waals surface area contributed by atoms with E-state index in [0.29, 0.717) is 25.4 Å². The van der Waals surface area contributed by atoms with E-state index in [9.17, 15) is 9.18 Å². The molecule has 0 aliphatic rings. The highest BCUT2D eigenvalue weighted by molar-refractivity contribution is 8.00. The van der Waals surface area contributed by atoms with Crippen LogP contribution in [0, 0.1) is 11.8 Å². The SMILES string of the molecule is CCC(F)CCCSC(C(=O)OCC(C)C)C(C)C. The van der Waals surface area contributed by atoms with Crippen molar-refractivity contribution in [3.8, 4) is 0 Å². The third-order valence-corrected chi connectivity index (χ3v) is 4.42. The number of carbonyl (C=O) groups is 1. The molecule has 0 saturated carbocycles. The third kappa shape index (κ3) is 9.31. The van der Waals surface area contributed by atoms with Gasteiger partial charge in [0.25, 0.3) is 0 Å². The molecule has 0 aromatic carbocycles. The van der Waals surface area contributed by atoms with Crippen LogP contribution in [0.5, 0.6) is 0 Å². The number of alkyl halides is 1. The van der Waals surface area contributed by atoms with Gasteiger partial charge in [-0.25, -0.2) is 4.39 Å². The van der Waals surface area contributed by atoms with Gasteiger partial charge in [-0.2, -0.15) is 0 Å². The lowest BCUT2D eigenvalue weighted by atomic mass is 10.1. The molecule has 4 heteroatoms. The number of thioether (sulfide) groups is 1. The molecule has 0 aliphatic carbocycles. The van der Waals surface area contributed by atoms with E-state index >= 15 is 0 Å². The Bertz CT molecular complexity index is 244. The van der Waals surface area contributed by atoms with Crippen molar-refractivity contribution in [3.05, 3.63) is 0 Å². The maximum absolute atomic E-state index is 13.1. The van der Waals surface area contributed by atoms with Gasteiger partial charge in [0.1, 0.15) is 5.25 Å². The van der Waals surface area contributed by atoms with Gasteiger partial charge < -0.3 is 4.74 Å². The van der Waals surface area contributed by atoms with Crippen LogP contribution < -0.4 is 0 Å². The maximum atomic E-state index is 13.1. The minimum absolute atomic E-state index is 0.124. The van der Waals surface area contributed by atoms with Gasteiger partial charge in [0.2, 0.25) is 0 Å². The quantitative estimate of drug-likeness (QED) is 0.439. The summed E-state index contributed by atoms with van der Waals surface area (Å²) in [4.78, 5) is 12.0. The Hall–Kier alpha value is -0.250. The lowest BCUT2D eigenvalue weighted by molar-refractivity contribution is -0.144. The number of halogens is 1. The normalized spacial score (nSPS) is 14.7.